The Morgan fingerprint density at radius 1 is 1.11 bits per heavy atom. The summed E-state index contributed by atoms with van der Waals surface area (Å²) in [6.07, 6.45) is 5.28. The van der Waals surface area contributed by atoms with E-state index in [-0.39, 0.29) is 22.4 Å². The Balaban J connectivity index is 2.04. The van der Waals surface area contributed by atoms with Crippen LogP contribution >= 0.6 is 0 Å². The van der Waals surface area contributed by atoms with Gasteiger partial charge in [0, 0.05) is 6.04 Å². The van der Waals surface area contributed by atoms with Crippen LogP contribution in [0.15, 0.2) is 4.99 Å². The molecule has 0 aromatic heterocycles. The Morgan fingerprint density at radius 2 is 1.63 bits per heavy atom. The average Bonchev–Trinajstić information content (AvgIpc) is 2.92. The van der Waals surface area contributed by atoms with Gasteiger partial charge in [-0.05, 0) is 42.9 Å². The van der Waals surface area contributed by atoms with Gasteiger partial charge in [0.2, 0.25) is 0 Å². The van der Waals surface area contributed by atoms with E-state index in [0.29, 0.717) is 11.9 Å². The minimum Gasteiger partial charge on any atom is -0.385 e. The number of amidine groups is 1. The van der Waals surface area contributed by atoms with Crippen molar-refractivity contribution in [3.8, 4) is 0 Å². The third kappa shape index (κ3) is 1.96. The van der Waals surface area contributed by atoms with Gasteiger partial charge >= 0.3 is 6.03 Å². The molecule has 4 heteroatoms. The van der Waals surface area contributed by atoms with Crippen molar-refractivity contribution in [2.45, 2.75) is 71.4 Å². The summed E-state index contributed by atoms with van der Waals surface area (Å²) >= 11 is 0. The molecular weight excluding hydrogens is 238 g/mol. The van der Waals surface area contributed by atoms with Gasteiger partial charge in [-0.3, -0.25) is 0 Å². The third-order valence-electron chi connectivity index (χ3n) is 4.77. The maximum atomic E-state index is 12.2. The van der Waals surface area contributed by atoms with Crippen molar-refractivity contribution in [3.63, 3.8) is 0 Å². The molecule has 2 fully saturated rings. The molecule has 2 aliphatic carbocycles. The van der Waals surface area contributed by atoms with Crippen molar-refractivity contribution in [1.82, 2.24) is 4.90 Å². The van der Waals surface area contributed by atoms with Gasteiger partial charge in [-0.15, -0.1) is 0 Å². The lowest BCUT2D eigenvalue weighted by atomic mass is 9.57. The molecule has 1 heterocycles. The zero-order valence-corrected chi connectivity index (χ0v) is 12.5. The molecule has 0 radical (unpaired) electrons. The first-order valence-electron chi connectivity index (χ1n) is 7.33. The maximum Gasteiger partial charge on any atom is 0.346 e. The largest absolute Gasteiger partial charge is 0.385 e. The molecular formula is C15H25N3O. The number of carbonyl (C=O) groups excluding carboxylic acids is 1. The van der Waals surface area contributed by atoms with Crippen molar-refractivity contribution >= 4 is 11.9 Å². The van der Waals surface area contributed by atoms with Crippen molar-refractivity contribution in [1.29, 1.82) is 0 Å². The Morgan fingerprint density at radius 3 is 2.11 bits per heavy atom. The molecule has 0 atom stereocenters. The molecule has 0 aromatic carbocycles. The Kier molecular flexibility index (Phi) is 2.40. The maximum absolute atomic E-state index is 12.2. The van der Waals surface area contributed by atoms with Gasteiger partial charge in [0.05, 0.1) is 0 Å². The molecule has 0 unspecified atom stereocenters. The second-order valence-corrected chi connectivity index (χ2v) is 8.27. The molecule has 0 bridgehead atoms. The SMILES string of the molecule is CC1(C)CC(C)(C)CC2(C1)C(N)=NC(=O)N2C1CC1. The van der Waals surface area contributed by atoms with Crippen LogP contribution in [-0.2, 0) is 0 Å². The second kappa shape index (κ2) is 3.53. The molecule has 0 aromatic rings. The zero-order chi connectivity index (χ0) is 14.1. The van der Waals surface area contributed by atoms with Crippen LogP contribution in [-0.4, -0.2) is 28.3 Å². The fourth-order valence-corrected chi connectivity index (χ4v) is 4.82. The van der Waals surface area contributed by atoms with Crippen molar-refractivity contribution in [2.24, 2.45) is 21.6 Å². The highest BCUT2D eigenvalue weighted by Gasteiger charge is 2.59. The minimum absolute atomic E-state index is 0.103. The summed E-state index contributed by atoms with van der Waals surface area (Å²) in [7, 11) is 0. The number of aliphatic imine (C=N–C) groups is 1. The van der Waals surface area contributed by atoms with Gasteiger partial charge in [0.1, 0.15) is 11.4 Å². The van der Waals surface area contributed by atoms with Crippen molar-refractivity contribution in [2.75, 3.05) is 0 Å². The van der Waals surface area contributed by atoms with Gasteiger partial charge in [-0.25, -0.2) is 4.79 Å². The summed E-state index contributed by atoms with van der Waals surface area (Å²) in [6, 6.07) is 0.274. The highest BCUT2D eigenvalue weighted by molar-refractivity contribution is 6.06. The molecule has 2 amide bonds. The summed E-state index contributed by atoms with van der Waals surface area (Å²) in [4.78, 5) is 18.4. The quantitative estimate of drug-likeness (QED) is 0.790. The van der Waals surface area contributed by atoms with Gasteiger partial charge in [0.25, 0.3) is 0 Å². The number of carbonyl (C=O) groups is 1. The van der Waals surface area contributed by atoms with Gasteiger partial charge in [-0.1, -0.05) is 27.7 Å². The standard InChI is InChI=1S/C15H25N3O/c1-13(2)7-14(3,4)9-15(8-13)11(16)17-12(19)18(15)10-5-6-10/h10H,5-9H2,1-4H3,(H2,16,17,19). The van der Waals surface area contributed by atoms with Crippen molar-refractivity contribution in [3.05, 3.63) is 0 Å². The van der Waals surface area contributed by atoms with E-state index in [1.807, 2.05) is 4.90 Å². The molecule has 4 nitrogen and oxygen atoms in total. The second-order valence-electron chi connectivity index (χ2n) is 8.27. The fourth-order valence-electron chi connectivity index (χ4n) is 4.82. The van der Waals surface area contributed by atoms with E-state index < -0.39 is 0 Å². The molecule has 106 valence electrons. The fraction of sp³-hybridized carbons (Fsp3) is 0.867. The van der Waals surface area contributed by atoms with E-state index >= 15 is 0 Å². The minimum atomic E-state index is -0.316. The first-order chi connectivity index (χ1) is 8.65. The van der Waals surface area contributed by atoms with E-state index in [0.717, 1.165) is 25.7 Å². The highest BCUT2D eigenvalue weighted by atomic mass is 16.2. The predicted octanol–water partition coefficient (Wildman–Crippen LogP) is 2.92. The van der Waals surface area contributed by atoms with Crippen LogP contribution in [0.1, 0.15) is 59.8 Å². The van der Waals surface area contributed by atoms with E-state index in [2.05, 4.69) is 32.7 Å². The van der Waals surface area contributed by atoms with Crippen molar-refractivity contribution < 1.29 is 4.79 Å². The van der Waals surface area contributed by atoms with Crippen LogP contribution in [0.5, 0.6) is 0 Å². The molecule has 0 saturated heterocycles. The zero-order valence-electron chi connectivity index (χ0n) is 12.5. The number of hydrogen-bond donors (Lipinski definition) is 1. The monoisotopic (exact) mass is 263 g/mol. The first-order valence-corrected chi connectivity index (χ1v) is 7.33. The molecule has 1 aliphatic heterocycles. The lowest BCUT2D eigenvalue weighted by Gasteiger charge is -2.53. The lowest BCUT2D eigenvalue weighted by molar-refractivity contribution is 0.0132. The smallest absolute Gasteiger partial charge is 0.346 e. The van der Waals surface area contributed by atoms with Crippen LogP contribution < -0.4 is 5.73 Å². The Bertz CT molecular complexity index is 444. The topological polar surface area (TPSA) is 58.7 Å². The summed E-state index contributed by atoms with van der Waals surface area (Å²) in [5.74, 6) is 0.560. The number of rotatable bonds is 1. The number of urea groups is 1. The average molecular weight is 263 g/mol. The third-order valence-corrected chi connectivity index (χ3v) is 4.77. The van der Waals surface area contributed by atoms with Crippen LogP contribution in [0, 0.1) is 10.8 Å². The Hall–Kier alpha value is -1.06. The van der Waals surface area contributed by atoms with Crippen LogP contribution in [0.25, 0.3) is 0 Å². The van der Waals surface area contributed by atoms with E-state index in [1.54, 1.807) is 0 Å². The molecule has 2 N–H and O–H groups in total. The molecule has 3 aliphatic rings. The van der Waals surface area contributed by atoms with E-state index in [9.17, 15) is 4.79 Å². The number of nitrogens with zero attached hydrogens (tertiary/aromatic N) is 2. The van der Waals surface area contributed by atoms with Gasteiger partial charge in [0.15, 0.2) is 0 Å². The highest BCUT2D eigenvalue weighted by Crippen LogP contribution is 2.55. The van der Waals surface area contributed by atoms with E-state index in [4.69, 9.17) is 5.73 Å². The van der Waals surface area contributed by atoms with Crippen LogP contribution in [0.2, 0.25) is 0 Å². The van der Waals surface area contributed by atoms with Gasteiger partial charge in [-0.2, -0.15) is 4.99 Å². The van der Waals surface area contributed by atoms with Crippen LogP contribution in [0.3, 0.4) is 0 Å². The number of hydrogen-bond acceptors (Lipinski definition) is 2. The molecule has 3 rings (SSSR count). The first kappa shape index (κ1) is 12.9. The summed E-state index contributed by atoms with van der Waals surface area (Å²) < 4.78 is 0. The molecule has 19 heavy (non-hydrogen) atoms. The summed E-state index contributed by atoms with van der Waals surface area (Å²) in [5.41, 5.74) is 6.29. The molecule has 2 saturated carbocycles. The summed E-state index contributed by atoms with van der Waals surface area (Å²) in [5, 5.41) is 0. The predicted molar refractivity (Wildman–Crippen MR) is 76.0 cm³/mol. The van der Waals surface area contributed by atoms with E-state index in [1.165, 1.54) is 6.42 Å². The Labute approximate surface area is 115 Å². The van der Waals surface area contributed by atoms with Gasteiger partial charge < -0.3 is 10.6 Å². The summed E-state index contributed by atoms with van der Waals surface area (Å²) in [6.45, 7) is 9.15. The lowest BCUT2D eigenvalue weighted by Crippen LogP contribution is -2.61. The number of nitrogens with two attached hydrogens (primary N) is 1. The molecule has 1 spiro atoms. The normalized spacial score (nSPS) is 31.7. The van der Waals surface area contributed by atoms with Crippen LogP contribution in [0.4, 0.5) is 4.79 Å². The number of amides is 2.